The number of benzene rings is 3. The smallest absolute Gasteiger partial charge is 0.418 e. The minimum Gasteiger partial charge on any atom is -0.496 e. The lowest BCUT2D eigenvalue weighted by molar-refractivity contribution is -0.137. The average Bonchev–Trinajstić information content (AvgIpc) is 3.23. The Kier molecular flexibility index (Phi) is 13.6. The summed E-state index contributed by atoms with van der Waals surface area (Å²) < 4.78 is 87.2. The van der Waals surface area contributed by atoms with Crippen LogP contribution in [-0.2, 0) is 22.7 Å². The van der Waals surface area contributed by atoms with Gasteiger partial charge < -0.3 is 24.4 Å². The van der Waals surface area contributed by atoms with E-state index in [1.165, 1.54) is 17.8 Å². The minimum absolute atomic E-state index is 0.194. The number of hydrogen-bond donors (Lipinski definition) is 2. The van der Waals surface area contributed by atoms with Gasteiger partial charge in [-0.3, -0.25) is 14.7 Å². The zero-order valence-electron chi connectivity index (χ0n) is 32.0. The molecule has 0 spiro atoms. The van der Waals surface area contributed by atoms with Gasteiger partial charge in [-0.15, -0.1) is 22.0 Å². The number of piperazine rings is 1. The van der Waals surface area contributed by atoms with Crippen LogP contribution in [0.3, 0.4) is 0 Å². The molecule has 0 bridgehead atoms. The monoisotopic (exact) mass is 837 g/mol. The second-order valence-electron chi connectivity index (χ2n) is 13.0. The van der Waals surface area contributed by atoms with Gasteiger partial charge >= 0.3 is 6.18 Å². The molecule has 18 heteroatoms. The Morgan fingerprint density at radius 3 is 2.24 bits per heavy atom. The van der Waals surface area contributed by atoms with Gasteiger partial charge in [0.15, 0.2) is 11.5 Å². The lowest BCUT2D eigenvalue weighted by atomic mass is 10.0. The lowest BCUT2D eigenvalue weighted by Crippen LogP contribution is -2.46. The van der Waals surface area contributed by atoms with Crippen LogP contribution in [0.25, 0.3) is 11.1 Å². The van der Waals surface area contributed by atoms with Crippen LogP contribution in [0, 0.1) is 0 Å². The molecule has 3 heterocycles. The van der Waals surface area contributed by atoms with Gasteiger partial charge in [-0.1, -0.05) is 18.2 Å². The number of hydrogen-bond acceptors (Lipinski definition) is 13. The largest absolute Gasteiger partial charge is 0.496 e. The minimum atomic E-state index is -4.86. The number of aromatic nitrogens is 3. The molecule has 0 aliphatic carbocycles. The number of alkyl halides is 3. The van der Waals surface area contributed by atoms with Crippen LogP contribution in [0.4, 0.5) is 24.7 Å². The van der Waals surface area contributed by atoms with Crippen molar-refractivity contribution >= 4 is 39.2 Å². The van der Waals surface area contributed by atoms with Crippen LogP contribution in [-0.4, -0.2) is 93.7 Å². The number of carbonyl (C=O) groups is 1. The highest BCUT2D eigenvalue weighted by Crippen LogP contribution is 2.38. The molecule has 2 N–H and O–H groups in total. The second-order valence-corrected chi connectivity index (χ2v) is 15.8. The predicted molar refractivity (Wildman–Crippen MR) is 215 cm³/mol. The van der Waals surface area contributed by atoms with E-state index in [4.69, 9.17) is 14.2 Å². The topological polar surface area (TPSA) is 148 Å². The quantitative estimate of drug-likeness (QED) is 0.0812. The number of thioether (sulfide) groups is 1. The Balaban J connectivity index is 1.05. The molecule has 6 rings (SSSR count). The zero-order chi connectivity index (χ0) is 41.3. The molecule has 1 aliphatic heterocycles. The summed E-state index contributed by atoms with van der Waals surface area (Å²) in [5, 5.41) is 10.8. The third kappa shape index (κ3) is 10.5. The fraction of sp³-hybridized carbons (Fsp3) is 0.300. The molecular weight excluding hydrogens is 796 g/mol. The molecule has 1 fully saturated rings. The van der Waals surface area contributed by atoms with E-state index in [-0.39, 0.29) is 17.9 Å². The van der Waals surface area contributed by atoms with E-state index >= 15 is 0 Å². The number of nitrogens with one attached hydrogen (secondary N) is 2. The maximum absolute atomic E-state index is 14.0. The van der Waals surface area contributed by atoms with Crippen molar-refractivity contribution in [2.24, 2.45) is 0 Å². The van der Waals surface area contributed by atoms with Crippen LogP contribution >= 0.6 is 11.8 Å². The third-order valence-electron chi connectivity index (χ3n) is 9.19. The molecule has 0 atom stereocenters. The lowest BCUT2D eigenvalue weighted by Gasteiger charge is -2.35. The normalized spacial score (nSPS) is 13.5. The zero-order valence-corrected chi connectivity index (χ0v) is 33.6. The molecule has 13 nitrogen and oxygen atoms in total. The highest BCUT2D eigenvalue weighted by molar-refractivity contribution is 7.99. The van der Waals surface area contributed by atoms with Gasteiger partial charge in [0.05, 0.1) is 43.0 Å². The highest BCUT2D eigenvalue weighted by atomic mass is 32.2. The van der Waals surface area contributed by atoms with Crippen molar-refractivity contribution in [3.05, 3.63) is 108 Å². The number of methoxy groups -OCH3 is 2. The molecule has 306 valence electrons. The summed E-state index contributed by atoms with van der Waals surface area (Å²) in [5.41, 5.74) is 0.839. The van der Waals surface area contributed by atoms with E-state index in [9.17, 15) is 26.4 Å². The first-order chi connectivity index (χ1) is 27.9. The van der Waals surface area contributed by atoms with E-state index in [1.54, 1.807) is 32.7 Å². The molecule has 0 saturated carbocycles. The number of nitrogens with zero attached hydrogens (tertiary/aromatic N) is 5. The van der Waals surface area contributed by atoms with E-state index in [0.717, 1.165) is 33.7 Å². The van der Waals surface area contributed by atoms with Crippen LogP contribution in [0.5, 0.6) is 17.2 Å². The first kappa shape index (κ1) is 42.0. The summed E-state index contributed by atoms with van der Waals surface area (Å²) in [6.07, 6.45) is -1.45. The van der Waals surface area contributed by atoms with Gasteiger partial charge in [0, 0.05) is 67.4 Å². The molecule has 2 aromatic heterocycles. The van der Waals surface area contributed by atoms with Gasteiger partial charge in [0.2, 0.25) is 0 Å². The summed E-state index contributed by atoms with van der Waals surface area (Å²) in [4.78, 5) is 21.7. The van der Waals surface area contributed by atoms with Crippen molar-refractivity contribution in [1.82, 2.24) is 24.8 Å². The van der Waals surface area contributed by atoms with Gasteiger partial charge in [-0.05, 0) is 73.2 Å². The molecule has 1 aliphatic rings. The van der Waals surface area contributed by atoms with Crippen LogP contribution in [0.2, 0.25) is 0 Å². The average molecular weight is 838 g/mol. The summed E-state index contributed by atoms with van der Waals surface area (Å²) >= 11 is 1.46. The first-order valence-corrected chi connectivity index (χ1v) is 20.7. The standard InChI is InChI=1S/C40H42F3N7O6S2/c1-4-56-29-20-28(24-44-25-29)27-21-36(54-2)32(37(22-27)55-3)26-49-15-17-50(18-16-49)38-13-12-35(46-47-38)39(51)48-58(52,53)31-10-11-34(33(23-31)40(41,42)43)45-14-19-57-30-8-6-5-7-9-30/h5-13,20-25,45H,4,14-19,26H2,1-3H3,(H,48,51). The van der Waals surface area contributed by atoms with Gasteiger partial charge in [0.1, 0.15) is 17.2 Å². The number of anilines is 2. The van der Waals surface area contributed by atoms with Crippen molar-refractivity contribution in [1.29, 1.82) is 0 Å². The highest BCUT2D eigenvalue weighted by Gasteiger charge is 2.35. The molecule has 5 aromatic rings. The second kappa shape index (κ2) is 18.8. The van der Waals surface area contributed by atoms with Crippen LogP contribution < -0.4 is 29.1 Å². The van der Waals surface area contributed by atoms with E-state index in [1.807, 2.05) is 65.1 Å². The number of pyridine rings is 1. The van der Waals surface area contributed by atoms with Crippen LogP contribution in [0.1, 0.15) is 28.5 Å². The van der Waals surface area contributed by atoms with Gasteiger partial charge in [0.25, 0.3) is 15.9 Å². The Bertz CT molecular complexity index is 2270. The molecule has 1 amide bonds. The fourth-order valence-electron chi connectivity index (χ4n) is 6.29. The maximum atomic E-state index is 14.0. The Morgan fingerprint density at radius 1 is 0.879 bits per heavy atom. The van der Waals surface area contributed by atoms with Crippen molar-refractivity contribution in [3.63, 3.8) is 0 Å². The van der Waals surface area contributed by atoms with Crippen molar-refractivity contribution in [2.45, 2.75) is 29.4 Å². The fourth-order valence-corrected chi connectivity index (χ4v) is 8.06. The number of amides is 1. The summed E-state index contributed by atoms with van der Waals surface area (Å²) in [6.45, 7) is 5.63. The van der Waals surface area contributed by atoms with E-state index in [0.29, 0.717) is 74.2 Å². The SMILES string of the molecule is CCOc1cncc(-c2cc(OC)c(CN3CCN(c4ccc(C(=O)NS(=O)(=O)c5ccc(NCCSc6ccccc6)c(C(F)(F)F)c5)nn4)CC3)c(OC)c2)c1. The maximum Gasteiger partial charge on any atom is 0.418 e. The predicted octanol–water partition coefficient (Wildman–Crippen LogP) is 6.62. The van der Waals surface area contributed by atoms with Crippen molar-refractivity contribution in [2.75, 3.05) is 69.5 Å². The first-order valence-electron chi connectivity index (χ1n) is 18.2. The Hall–Kier alpha value is -5.59. The van der Waals surface area contributed by atoms with Gasteiger partial charge in [-0.2, -0.15) is 13.2 Å². The number of rotatable bonds is 16. The van der Waals surface area contributed by atoms with Gasteiger partial charge in [-0.25, -0.2) is 13.1 Å². The molecular formula is C40H42F3N7O6S2. The van der Waals surface area contributed by atoms with Crippen molar-refractivity contribution < 1.29 is 40.6 Å². The number of sulfonamides is 1. The van der Waals surface area contributed by atoms with E-state index < -0.39 is 32.6 Å². The molecule has 58 heavy (non-hydrogen) atoms. The Labute approximate surface area is 339 Å². The molecule has 1 saturated heterocycles. The summed E-state index contributed by atoms with van der Waals surface area (Å²) in [6, 6.07) is 20.6. The number of ether oxygens (including phenoxy) is 3. The number of carbonyl (C=O) groups excluding carboxylic acids is 1. The Morgan fingerprint density at radius 2 is 1.60 bits per heavy atom. The van der Waals surface area contributed by atoms with E-state index in [2.05, 4.69) is 25.4 Å². The molecule has 0 unspecified atom stereocenters. The molecule has 0 radical (unpaired) electrons. The van der Waals surface area contributed by atoms with Crippen molar-refractivity contribution in [3.8, 4) is 28.4 Å². The third-order valence-corrected chi connectivity index (χ3v) is 11.5. The van der Waals surface area contributed by atoms with Crippen LogP contribution in [0.15, 0.2) is 101 Å². The molecule has 3 aromatic carbocycles. The summed E-state index contributed by atoms with van der Waals surface area (Å²) in [5.74, 6) is 1.81. The number of halogens is 3. The summed E-state index contributed by atoms with van der Waals surface area (Å²) in [7, 11) is -1.48.